The number of ether oxygens (including phenoxy) is 1. The molecule has 3 heteroatoms. The van der Waals surface area contributed by atoms with Gasteiger partial charge in [-0.2, -0.15) is 0 Å². The van der Waals surface area contributed by atoms with Crippen LogP contribution in [0.15, 0.2) is 23.2 Å². The molecule has 0 aliphatic carbocycles. The van der Waals surface area contributed by atoms with E-state index in [1.807, 2.05) is 13.8 Å². The minimum atomic E-state index is -0.370. The van der Waals surface area contributed by atoms with Crippen molar-refractivity contribution in [3.05, 3.63) is 34.9 Å². The number of fused-ring (bicyclic) bond motifs is 1. The van der Waals surface area contributed by atoms with E-state index in [9.17, 15) is 4.79 Å². The molecule has 1 unspecified atom stereocenters. The molecular weight excluding hydrogens is 214 g/mol. The van der Waals surface area contributed by atoms with Crippen LogP contribution in [0.1, 0.15) is 30.5 Å². The maximum atomic E-state index is 11.7. The Morgan fingerprint density at radius 3 is 2.94 bits per heavy atom. The topological polar surface area (TPSA) is 38.7 Å². The molecule has 0 amide bonds. The summed E-state index contributed by atoms with van der Waals surface area (Å²) in [6.07, 6.45) is 0.645. The van der Waals surface area contributed by atoms with Gasteiger partial charge in [0.25, 0.3) is 0 Å². The van der Waals surface area contributed by atoms with Gasteiger partial charge < -0.3 is 4.74 Å². The monoisotopic (exact) mass is 231 g/mol. The second-order valence-corrected chi connectivity index (χ2v) is 4.35. The van der Waals surface area contributed by atoms with Crippen LogP contribution in [0.25, 0.3) is 0 Å². The molecule has 90 valence electrons. The molecule has 17 heavy (non-hydrogen) atoms. The summed E-state index contributed by atoms with van der Waals surface area (Å²) in [5.41, 5.74) is 4.48. The molecule has 1 atom stereocenters. The highest BCUT2D eigenvalue weighted by Gasteiger charge is 2.25. The van der Waals surface area contributed by atoms with Gasteiger partial charge in [0.1, 0.15) is 0 Å². The molecule has 0 N–H and O–H groups in total. The first-order valence-corrected chi connectivity index (χ1v) is 5.92. The van der Waals surface area contributed by atoms with Gasteiger partial charge in [-0.05, 0) is 38.0 Å². The Labute approximate surface area is 102 Å². The zero-order valence-corrected chi connectivity index (χ0v) is 10.5. The summed E-state index contributed by atoms with van der Waals surface area (Å²) in [4.78, 5) is 16.1. The van der Waals surface area contributed by atoms with Crippen molar-refractivity contribution in [3.8, 4) is 0 Å². The Hall–Kier alpha value is -1.64. The first kappa shape index (κ1) is 11.8. The quantitative estimate of drug-likeness (QED) is 0.732. The van der Waals surface area contributed by atoms with Gasteiger partial charge in [0.2, 0.25) is 0 Å². The van der Waals surface area contributed by atoms with E-state index in [0.29, 0.717) is 13.0 Å². The van der Waals surface area contributed by atoms with Crippen molar-refractivity contribution in [1.29, 1.82) is 0 Å². The largest absolute Gasteiger partial charge is 0.464 e. The number of aliphatic imine (C=N–C) groups is 1. The number of carbonyl (C=O) groups excluding carboxylic acids is 1. The Kier molecular flexibility index (Phi) is 3.27. The van der Waals surface area contributed by atoms with Crippen LogP contribution in [-0.2, 0) is 16.0 Å². The molecule has 0 saturated carbocycles. The summed E-state index contributed by atoms with van der Waals surface area (Å²) in [5, 5.41) is 0. The van der Waals surface area contributed by atoms with Crippen molar-refractivity contribution in [2.45, 2.75) is 33.2 Å². The molecule has 1 heterocycles. The van der Waals surface area contributed by atoms with Crippen molar-refractivity contribution in [2.24, 2.45) is 4.99 Å². The fourth-order valence-electron chi connectivity index (χ4n) is 2.14. The number of rotatable bonds is 2. The fourth-order valence-corrected chi connectivity index (χ4v) is 2.14. The summed E-state index contributed by atoms with van der Waals surface area (Å²) in [6.45, 7) is 6.23. The first-order chi connectivity index (χ1) is 8.11. The molecule has 0 radical (unpaired) electrons. The molecule has 1 aliphatic rings. The molecule has 1 aromatic carbocycles. The predicted octanol–water partition coefficient (Wildman–Crippen LogP) is 2.29. The summed E-state index contributed by atoms with van der Waals surface area (Å²) >= 11 is 0. The predicted molar refractivity (Wildman–Crippen MR) is 67.5 cm³/mol. The number of nitrogens with zero attached hydrogens (tertiary/aromatic N) is 1. The van der Waals surface area contributed by atoms with Crippen molar-refractivity contribution < 1.29 is 9.53 Å². The molecule has 2 rings (SSSR count). The molecule has 3 nitrogen and oxygen atoms in total. The molecule has 0 aromatic heterocycles. The minimum absolute atomic E-state index is 0.224. The summed E-state index contributed by atoms with van der Waals surface area (Å²) in [7, 11) is 0. The van der Waals surface area contributed by atoms with E-state index < -0.39 is 0 Å². The van der Waals surface area contributed by atoms with E-state index in [4.69, 9.17) is 4.74 Å². The van der Waals surface area contributed by atoms with Gasteiger partial charge in [-0.15, -0.1) is 0 Å². The van der Waals surface area contributed by atoms with Crippen LogP contribution < -0.4 is 0 Å². The minimum Gasteiger partial charge on any atom is -0.464 e. The molecule has 1 aliphatic heterocycles. The van der Waals surface area contributed by atoms with Crippen LogP contribution in [0.2, 0.25) is 0 Å². The van der Waals surface area contributed by atoms with Crippen LogP contribution in [0, 0.1) is 6.92 Å². The average Bonchev–Trinajstić information content (AvgIpc) is 2.30. The van der Waals surface area contributed by atoms with Gasteiger partial charge in [0.15, 0.2) is 6.04 Å². The number of hydrogen-bond donors (Lipinski definition) is 0. The van der Waals surface area contributed by atoms with Crippen molar-refractivity contribution >= 4 is 11.7 Å². The van der Waals surface area contributed by atoms with Gasteiger partial charge >= 0.3 is 5.97 Å². The summed E-state index contributed by atoms with van der Waals surface area (Å²) < 4.78 is 5.02. The van der Waals surface area contributed by atoms with Crippen LogP contribution in [0.5, 0.6) is 0 Å². The standard InChI is InChI=1S/C14H17NO2/c1-4-17-14(16)13-8-11-6-5-9(2)7-12(11)10(3)15-13/h5-7,13H,4,8H2,1-3H3. The Morgan fingerprint density at radius 1 is 1.47 bits per heavy atom. The fraction of sp³-hybridized carbons (Fsp3) is 0.429. The number of esters is 1. The maximum Gasteiger partial charge on any atom is 0.331 e. The number of carbonyl (C=O) groups is 1. The molecule has 0 fully saturated rings. The lowest BCUT2D eigenvalue weighted by Crippen LogP contribution is -2.29. The Balaban J connectivity index is 2.30. The first-order valence-electron chi connectivity index (χ1n) is 5.92. The third kappa shape index (κ3) is 2.38. The van der Waals surface area contributed by atoms with Gasteiger partial charge in [-0.1, -0.05) is 17.7 Å². The van der Waals surface area contributed by atoms with E-state index in [1.165, 1.54) is 11.1 Å². The lowest BCUT2D eigenvalue weighted by molar-refractivity contribution is -0.144. The molecule has 0 bridgehead atoms. The van der Waals surface area contributed by atoms with Crippen LogP contribution in [0.3, 0.4) is 0 Å². The highest BCUT2D eigenvalue weighted by atomic mass is 16.5. The second-order valence-electron chi connectivity index (χ2n) is 4.35. The third-order valence-electron chi connectivity index (χ3n) is 2.98. The molecule has 0 spiro atoms. The average molecular weight is 231 g/mol. The summed E-state index contributed by atoms with van der Waals surface area (Å²) in [5.74, 6) is -0.224. The zero-order chi connectivity index (χ0) is 12.4. The van der Waals surface area contributed by atoms with Crippen molar-refractivity contribution in [2.75, 3.05) is 6.61 Å². The van der Waals surface area contributed by atoms with Gasteiger partial charge in [0.05, 0.1) is 6.61 Å². The number of benzene rings is 1. The van der Waals surface area contributed by atoms with Crippen molar-refractivity contribution in [3.63, 3.8) is 0 Å². The number of aryl methyl sites for hydroxylation is 1. The van der Waals surface area contributed by atoms with Crippen LogP contribution in [0.4, 0.5) is 0 Å². The van der Waals surface area contributed by atoms with Gasteiger partial charge in [0, 0.05) is 12.1 Å². The molecular formula is C14H17NO2. The Bertz CT molecular complexity index is 477. The van der Waals surface area contributed by atoms with Gasteiger partial charge in [-0.25, -0.2) is 4.79 Å². The summed E-state index contributed by atoms with van der Waals surface area (Å²) in [6, 6.07) is 5.90. The van der Waals surface area contributed by atoms with E-state index in [2.05, 4.69) is 30.1 Å². The third-order valence-corrected chi connectivity index (χ3v) is 2.98. The molecule has 1 aromatic rings. The smallest absolute Gasteiger partial charge is 0.331 e. The van der Waals surface area contributed by atoms with E-state index in [-0.39, 0.29) is 12.0 Å². The van der Waals surface area contributed by atoms with Crippen molar-refractivity contribution in [1.82, 2.24) is 0 Å². The van der Waals surface area contributed by atoms with E-state index >= 15 is 0 Å². The maximum absolute atomic E-state index is 11.7. The van der Waals surface area contributed by atoms with Gasteiger partial charge in [-0.3, -0.25) is 4.99 Å². The number of hydrogen-bond acceptors (Lipinski definition) is 3. The SMILES string of the molecule is CCOC(=O)C1Cc2ccc(C)cc2C(C)=N1. The second kappa shape index (κ2) is 4.70. The van der Waals surface area contributed by atoms with Crippen LogP contribution in [-0.4, -0.2) is 24.3 Å². The molecule has 0 saturated heterocycles. The normalized spacial score (nSPS) is 18.3. The Morgan fingerprint density at radius 2 is 2.24 bits per heavy atom. The highest BCUT2D eigenvalue weighted by molar-refractivity contribution is 6.02. The lowest BCUT2D eigenvalue weighted by atomic mass is 9.93. The van der Waals surface area contributed by atoms with Crippen LogP contribution >= 0.6 is 0 Å². The highest BCUT2D eigenvalue weighted by Crippen LogP contribution is 2.21. The van der Waals surface area contributed by atoms with E-state index in [0.717, 1.165) is 11.3 Å². The lowest BCUT2D eigenvalue weighted by Gasteiger charge is -2.21. The zero-order valence-electron chi connectivity index (χ0n) is 10.5. The van der Waals surface area contributed by atoms with E-state index in [1.54, 1.807) is 0 Å².